The van der Waals surface area contributed by atoms with Crippen LogP contribution in [-0.2, 0) is 4.79 Å². The third kappa shape index (κ3) is 3.82. The first-order chi connectivity index (χ1) is 10.3. The number of rotatable bonds is 3. The Balaban J connectivity index is 1.62. The zero-order chi connectivity index (χ0) is 14.5. The summed E-state index contributed by atoms with van der Waals surface area (Å²) in [6, 6.07) is 14.3. The Morgan fingerprint density at radius 1 is 0.952 bits per heavy atom. The van der Waals surface area contributed by atoms with Gasteiger partial charge in [-0.15, -0.1) is 0 Å². The van der Waals surface area contributed by atoms with Crippen molar-refractivity contribution in [3.63, 3.8) is 0 Å². The van der Waals surface area contributed by atoms with E-state index in [9.17, 15) is 4.79 Å². The molecule has 3 nitrogen and oxygen atoms in total. The first kappa shape index (κ1) is 14.1. The number of quaternary nitrogens is 1. The van der Waals surface area contributed by atoms with Crippen molar-refractivity contribution in [2.24, 2.45) is 0 Å². The predicted octanol–water partition coefficient (Wildman–Crippen LogP) is 2.24. The summed E-state index contributed by atoms with van der Waals surface area (Å²) in [5.41, 5.74) is 0.896. The molecule has 0 unspecified atom stereocenters. The van der Waals surface area contributed by atoms with E-state index < -0.39 is 0 Å². The molecular weight excluding hydrogens is 260 g/mol. The molecule has 0 aliphatic carbocycles. The molecule has 2 aromatic carbocycles. The van der Waals surface area contributed by atoms with Gasteiger partial charge in [0, 0.05) is 5.69 Å². The summed E-state index contributed by atoms with van der Waals surface area (Å²) < 4.78 is 0. The molecule has 21 heavy (non-hydrogen) atoms. The van der Waals surface area contributed by atoms with E-state index in [0.29, 0.717) is 6.54 Å². The maximum atomic E-state index is 12.2. The number of amides is 1. The maximum absolute atomic E-state index is 12.2. The molecular formula is C18H23N2O+. The van der Waals surface area contributed by atoms with E-state index >= 15 is 0 Å². The maximum Gasteiger partial charge on any atom is 0.279 e. The molecule has 0 aromatic heterocycles. The van der Waals surface area contributed by atoms with E-state index in [1.54, 1.807) is 0 Å². The number of hydrogen-bond donors (Lipinski definition) is 2. The van der Waals surface area contributed by atoms with Gasteiger partial charge in [0.1, 0.15) is 0 Å². The van der Waals surface area contributed by atoms with Crippen LogP contribution in [-0.4, -0.2) is 25.5 Å². The molecule has 0 atom stereocenters. The summed E-state index contributed by atoms with van der Waals surface area (Å²) in [7, 11) is 0. The van der Waals surface area contributed by atoms with Crippen molar-refractivity contribution in [3.8, 4) is 0 Å². The van der Waals surface area contributed by atoms with E-state index in [-0.39, 0.29) is 5.91 Å². The standard InChI is InChI=1S/C18H22N2O/c21-18(14-20-11-5-1-2-6-12-20)19-17-10-9-15-7-3-4-8-16(15)13-17/h3-4,7-10,13H,1-2,5-6,11-12,14H2,(H,19,21)/p+1. The van der Waals surface area contributed by atoms with Crippen molar-refractivity contribution < 1.29 is 9.69 Å². The van der Waals surface area contributed by atoms with Crippen molar-refractivity contribution in [2.45, 2.75) is 25.7 Å². The lowest BCUT2D eigenvalue weighted by molar-refractivity contribution is -0.890. The Bertz CT molecular complexity index is 615. The van der Waals surface area contributed by atoms with Gasteiger partial charge in [-0.2, -0.15) is 0 Å². The van der Waals surface area contributed by atoms with E-state index in [4.69, 9.17) is 0 Å². The molecule has 0 spiro atoms. The van der Waals surface area contributed by atoms with Crippen LogP contribution in [0.4, 0.5) is 5.69 Å². The predicted molar refractivity (Wildman–Crippen MR) is 86.6 cm³/mol. The molecule has 2 aromatic rings. The summed E-state index contributed by atoms with van der Waals surface area (Å²) in [5, 5.41) is 5.41. The number of carbonyl (C=O) groups excluding carboxylic acids is 1. The van der Waals surface area contributed by atoms with Crippen LogP contribution >= 0.6 is 0 Å². The smallest absolute Gasteiger partial charge is 0.279 e. The van der Waals surface area contributed by atoms with Gasteiger partial charge in [0.15, 0.2) is 6.54 Å². The highest BCUT2D eigenvalue weighted by molar-refractivity contribution is 5.94. The first-order valence-electron chi connectivity index (χ1n) is 7.93. The first-order valence-corrected chi connectivity index (χ1v) is 7.93. The average molecular weight is 283 g/mol. The summed E-state index contributed by atoms with van der Waals surface area (Å²) in [6.45, 7) is 2.85. The quantitative estimate of drug-likeness (QED) is 0.890. The lowest BCUT2D eigenvalue weighted by Crippen LogP contribution is -3.12. The minimum atomic E-state index is 0.127. The van der Waals surface area contributed by atoms with Crippen LogP contribution in [0, 0.1) is 0 Å². The lowest BCUT2D eigenvalue weighted by Gasteiger charge is -2.16. The van der Waals surface area contributed by atoms with Gasteiger partial charge in [0.05, 0.1) is 13.1 Å². The van der Waals surface area contributed by atoms with Gasteiger partial charge in [-0.05, 0) is 48.6 Å². The number of nitrogens with one attached hydrogen (secondary N) is 2. The third-order valence-corrected chi connectivity index (χ3v) is 4.25. The SMILES string of the molecule is O=C(C[NH+]1CCCCCC1)Nc1ccc2ccccc2c1. The van der Waals surface area contributed by atoms with Crippen molar-refractivity contribution >= 4 is 22.4 Å². The normalized spacial score (nSPS) is 16.6. The molecule has 1 heterocycles. The van der Waals surface area contributed by atoms with Crippen LogP contribution in [0.1, 0.15) is 25.7 Å². The fraction of sp³-hybridized carbons (Fsp3) is 0.389. The molecule has 0 bridgehead atoms. The molecule has 1 amide bonds. The second kappa shape index (κ2) is 6.72. The highest BCUT2D eigenvalue weighted by Gasteiger charge is 2.16. The fourth-order valence-electron chi connectivity index (χ4n) is 3.10. The van der Waals surface area contributed by atoms with Crippen LogP contribution in [0.25, 0.3) is 10.8 Å². The Morgan fingerprint density at radius 3 is 2.43 bits per heavy atom. The second-order valence-corrected chi connectivity index (χ2v) is 5.95. The van der Waals surface area contributed by atoms with Gasteiger partial charge in [-0.3, -0.25) is 4.79 Å². The van der Waals surface area contributed by atoms with Gasteiger partial charge in [-0.1, -0.05) is 30.3 Å². The number of benzene rings is 2. The van der Waals surface area contributed by atoms with Crippen LogP contribution < -0.4 is 10.2 Å². The molecule has 110 valence electrons. The summed E-state index contributed by atoms with van der Waals surface area (Å²) in [5.74, 6) is 0.127. The van der Waals surface area contributed by atoms with Crippen LogP contribution in [0.15, 0.2) is 42.5 Å². The van der Waals surface area contributed by atoms with Crippen molar-refractivity contribution in [3.05, 3.63) is 42.5 Å². The van der Waals surface area contributed by atoms with E-state index in [1.807, 2.05) is 24.3 Å². The number of fused-ring (bicyclic) bond motifs is 1. The van der Waals surface area contributed by atoms with E-state index in [0.717, 1.165) is 24.2 Å². The lowest BCUT2D eigenvalue weighted by atomic mass is 10.1. The van der Waals surface area contributed by atoms with E-state index in [2.05, 4.69) is 23.5 Å². The van der Waals surface area contributed by atoms with Gasteiger partial charge in [0.25, 0.3) is 5.91 Å². The van der Waals surface area contributed by atoms with Crippen LogP contribution in [0.5, 0.6) is 0 Å². The molecule has 0 radical (unpaired) electrons. The Labute approximate surface area is 125 Å². The minimum Gasteiger partial charge on any atom is -0.327 e. The zero-order valence-electron chi connectivity index (χ0n) is 12.4. The summed E-state index contributed by atoms with van der Waals surface area (Å²) in [6.07, 6.45) is 5.13. The van der Waals surface area contributed by atoms with Crippen LogP contribution in [0.3, 0.4) is 0 Å². The van der Waals surface area contributed by atoms with Gasteiger partial charge in [-0.25, -0.2) is 0 Å². The molecule has 1 aliphatic heterocycles. The molecule has 1 fully saturated rings. The highest BCUT2D eigenvalue weighted by atomic mass is 16.2. The van der Waals surface area contributed by atoms with E-state index in [1.165, 1.54) is 36.0 Å². The Kier molecular flexibility index (Phi) is 4.51. The Morgan fingerprint density at radius 2 is 1.67 bits per heavy atom. The van der Waals surface area contributed by atoms with Gasteiger partial charge >= 0.3 is 0 Å². The van der Waals surface area contributed by atoms with Crippen molar-refractivity contribution in [2.75, 3.05) is 25.0 Å². The minimum absolute atomic E-state index is 0.127. The Hall–Kier alpha value is -1.87. The number of anilines is 1. The molecule has 3 rings (SSSR count). The molecule has 2 N–H and O–H groups in total. The third-order valence-electron chi connectivity index (χ3n) is 4.25. The zero-order valence-corrected chi connectivity index (χ0v) is 12.4. The number of hydrogen-bond acceptors (Lipinski definition) is 1. The molecule has 1 saturated heterocycles. The molecule has 0 saturated carbocycles. The largest absolute Gasteiger partial charge is 0.327 e. The molecule has 1 aliphatic rings. The number of likely N-dealkylation sites (tertiary alicyclic amines) is 1. The fourth-order valence-corrected chi connectivity index (χ4v) is 3.10. The topological polar surface area (TPSA) is 33.5 Å². The average Bonchev–Trinajstić information content (AvgIpc) is 2.75. The van der Waals surface area contributed by atoms with Gasteiger partial charge in [0.2, 0.25) is 0 Å². The highest BCUT2D eigenvalue weighted by Crippen LogP contribution is 2.18. The summed E-state index contributed by atoms with van der Waals surface area (Å²) in [4.78, 5) is 13.6. The number of carbonyl (C=O) groups is 1. The molecule has 3 heteroatoms. The monoisotopic (exact) mass is 283 g/mol. The summed E-state index contributed by atoms with van der Waals surface area (Å²) >= 11 is 0. The van der Waals surface area contributed by atoms with Crippen molar-refractivity contribution in [1.82, 2.24) is 0 Å². The van der Waals surface area contributed by atoms with Gasteiger partial charge < -0.3 is 10.2 Å². The van der Waals surface area contributed by atoms with Crippen LogP contribution in [0.2, 0.25) is 0 Å². The second-order valence-electron chi connectivity index (χ2n) is 5.95. The van der Waals surface area contributed by atoms with Crippen molar-refractivity contribution in [1.29, 1.82) is 0 Å².